The van der Waals surface area contributed by atoms with Crippen molar-refractivity contribution in [1.82, 2.24) is 10.6 Å². The first-order valence-corrected chi connectivity index (χ1v) is 6.25. The van der Waals surface area contributed by atoms with Gasteiger partial charge in [0.05, 0.1) is 0 Å². The Balaban J connectivity index is 2.76. The number of carbonyl (C=O) groups excluding carboxylic acids is 2. The van der Waals surface area contributed by atoms with Gasteiger partial charge in [-0.1, -0.05) is 6.07 Å². The minimum absolute atomic E-state index is 0.0369. The summed E-state index contributed by atoms with van der Waals surface area (Å²) in [4.78, 5) is 23.7. The molecule has 102 valence electrons. The van der Waals surface area contributed by atoms with E-state index in [4.69, 9.17) is 5.73 Å². The number of carbonyl (C=O) groups is 2. The molecule has 0 radical (unpaired) electrons. The zero-order valence-corrected chi connectivity index (χ0v) is 11.7. The van der Waals surface area contributed by atoms with E-state index in [1.807, 2.05) is 27.7 Å². The minimum atomic E-state index is -1.15. The Morgan fingerprint density at radius 3 is 2.00 bits per heavy atom. The van der Waals surface area contributed by atoms with Crippen LogP contribution < -0.4 is 16.4 Å². The predicted molar refractivity (Wildman–Crippen MR) is 72.8 cm³/mol. The van der Waals surface area contributed by atoms with Crippen LogP contribution in [0.4, 0.5) is 4.79 Å². The maximum absolute atomic E-state index is 12.2. The Kier molecular flexibility index (Phi) is 3.10. The first-order chi connectivity index (χ1) is 8.83. The lowest BCUT2D eigenvalue weighted by molar-refractivity contribution is -0.124. The summed E-state index contributed by atoms with van der Waals surface area (Å²) in [6.07, 6.45) is 0. The van der Waals surface area contributed by atoms with E-state index in [1.165, 1.54) is 0 Å². The molecular formula is C14H19N3O2. The second-order valence-electron chi connectivity index (χ2n) is 5.15. The normalized spacial score (nSPS) is 22.4. The van der Waals surface area contributed by atoms with Crippen molar-refractivity contribution in [3.05, 3.63) is 33.9 Å². The van der Waals surface area contributed by atoms with Crippen LogP contribution in [-0.4, -0.2) is 18.5 Å². The van der Waals surface area contributed by atoms with Gasteiger partial charge in [0.25, 0.3) is 5.91 Å². The molecule has 3 amide bonds. The Morgan fingerprint density at radius 2 is 1.63 bits per heavy atom. The third-order valence-electron chi connectivity index (χ3n) is 4.04. The summed E-state index contributed by atoms with van der Waals surface area (Å²) in [5.41, 5.74) is 9.63. The Labute approximate surface area is 112 Å². The Morgan fingerprint density at radius 1 is 1.11 bits per heavy atom. The van der Waals surface area contributed by atoms with E-state index >= 15 is 0 Å². The van der Waals surface area contributed by atoms with Crippen LogP contribution in [0.25, 0.3) is 0 Å². The number of hydrogen-bond donors (Lipinski definition) is 3. The minimum Gasteiger partial charge on any atom is -0.327 e. The number of hydrogen-bond acceptors (Lipinski definition) is 3. The number of amides is 3. The SMILES string of the molecule is Cc1cc(C)c(C)c(C2(CN)NC(=O)NC2=O)c1C. The zero-order valence-electron chi connectivity index (χ0n) is 11.7. The standard InChI is InChI=1S/C14H19N3O2/c1-7-5-8(2)10(4)11(9(7)3)14(6-15)12(18)16-13(19)17-14/h5H,6,15H2,1-4H3,(H2,16,17,18,19). The lowest BCUT2D eigenvalue weighted by Gasteiger charge is -2.30. The first-order valence-electron chi connectivity index (χ1n) is 6.25. The van der Waals surface area contributed by atoms with Gasteiger partial charge in [0.1, 0.15) is 0 Å². The van der Waals surface area contributed by atoms with Crippen LogP contribution in [0.1, 0.15) is 27.8 Å². The molecule has 2 rings (SSSR count). The van der Waals surface area contributed by atoms with E-state index in [0.717, 1.165) is 27.8 Å². The van der Waals surface area contributed by atoms with Gasteiger partial charge < -0.3 is 11.1 Å². The zero-order chi connectivity index (χ0) is 14.4. The molecule has 1 fully saturated rings. The molecule has 0 aliphatic carbocycles. The van der Waals surface area contributed by atoms with E-state index in [-0.39, 0.29) is 12.5 Å². The molecule has 0 bridgehead atoms. The van der Waals surface area contributed by atoms with Gasteiger partial charge in [0.15, 0.2) is 5.54 Å². The van der Waals surface area contributed by atoms with Gasteiger partial charge in [-0.25, -0.2) is 4.79 Å². The fourth-order valence-electron chi connectivity index (χ4n) is 2.77. The fraction of sp³-hybridized carbons (Fsp3) is 0.429. The quantitative estimate of drug-likeness (QED) is 0.692. The van der Waals surface area contributed by atoms with Gasteiger partial charge in [0.2, 0.25) is 0 Å². The van der Waals surface area contributed by atoms with E-state index in [0.29, 0.717) is 0 Å². The number of benzene rings is 1. The van der Waals surface area contributed by atoms with Crippen LogP contribution in [0, 0.1) is 27.7 Å². The second-order valence-corrected chi connectivity index (χ2v) is 5.15. The van der Waals surface area contributed by atoms with E-state index in [1.54, 1.807) is 0 Å². The molecule has 1 saturated heterocycles. The molecule has 1 aromatic carbocycles. The van der Waals surface area contributed by atoms with Crippen molar-refractivity contribution >= 4 is 11.9 Å². The molecule has 1 atom stereocenters. The van der Waals surface area contributed by atoms with E-state index in [2.05, 4.69) is 16.7 Å². The van der Waals surface area contributed by atoms with Crippen LogP contribution in [0.15, 0.2) is 6.07 Å². The number of urea groups is 1. The molecule has 0 aromatic heterocycles. The van der Waals surface area contributed by atoms with Gasteiger partial charge in [-0.05, 0) is 55.5 Å². The van der Waals surface area contributed by atoms with E-state index in [9.17, 15) is 9.59 Å². The van der Waals surface area contributed by atoms with Gasteiger partial charge in [-0.15, -0.1) is 0 Å². The summed E-state index contributed by atoms with van der Waals surface area (Å²) in [6.45, 7) is 7.92. The molecule has 1 aromatic rings. The van der Waals surface area contributed by atoms with Crippen LogP contribution in [-0.2, 0) is 10.3 Å². The van der Waals surface area contributed by atoms with Gasteiger partial charge in [0, 0.05) is 6.54 Å². The monoisotopic (exact) mass is 261 g/mol. The number of nitrogens with two attached hydrogens (primary N) is 1. The number of imide groups is 1. The molecular weight excluding hydrogens is 242 g/mol. The lowest BCUT2D eigenvalue weighted by atomic mass is 9.80. The second kappa shape index (κ2) is 4.35. The molecule has 0 saturated carbocycles. The van der Waals surface area contributed by atoms with Crippen molar-refractivity contribution in [1.29, 1.82) is 0 Å². The van der Waals surface area contributed by atoms with Crippen LogP contribution in [0.3, 0.4) is 0 Å². The summed E-state index contributed by atoms with van der Waals surface area (Å²) < 4.78 is 0. The van der Waals surface area contributed by atoms with Crippen molar-refractivity contribution in [3.63, 3.8) is 0 Å². The summed E-state index contributed by atoms with van der Waals surface area (Å²) in [5.74, 6) is -0.379. The van der Waals surface area contributed by atoms with Crippen molar-refractivity contribution in [2.75, 3.05) is 6.54 Å². The van der Waals surface area contributed by atoms with Gasteiger partial charge in [-0.2, -0.15) is 0 Å². The highest BCUT2D eigenvalue weighted by atomic mass is 16.2. The Bertz CT molecular complexity index is 554. The van der Waals surface area contributed by atoms with Crippen molar-refractivity contribution in [3.8, 4) is 0 Å². The molecule has 5 nitrogen and oxygen atoms in total. The van der Waals surface area contributed by atoms with Gasteiger partial charge >= 0.3 is 6.03 Å². The highest BCUT2D eigenvalue weighted by molar-refractivity contribution is 6.08. The number of rotatable bonds is 2. The molecule has 1 unspecified atom stereocenters. The van der Waals surface area contributed by atoms with E-state index < -0.39 is 11.6 Å². The van der Waals surface area contributed by atoms with Crippen LogP contribution in [0.2, 0.25) is 0 Å². The third-order valence-corrected chi connectivity index (χ3v) is 4.04. The summed E-state index contributed by atoms with van der Waals surface area (Å²) in [7, 11) is 0. The maximum Gasteiger partial charge on any atom is 0.322 e. The van der Waals surface area contributed by atoms with Crippen molar-refractivity contribution < 1.29 is 9.59 Å². The number of aryl methyl sites for hydroxylation is 2. The Hall–Kier alpha value is -1.88. The average Bonchev–Trinajstić information content (AvgIpc) is 2.63. The molecule has 1 heterocycles. The molecule has 0 spiro atoms. The number of nitrogens with one attached hydrogen (secondary N) is 2. The molecule has 5 heteroatoms. The summed E-state index contributed by atoms with van der Waals surface area (Å²) in [6, 6.07) is 1.58. The van der Waals surface area contributed by atoms with Crippen molar-refractivity contribution in [2.24, 2.45) is 5.73 Å². The average molecular weight is 261 g/mol. The lowest BCUT2D eigenvalue weighted by Crippen LogP contribution is -2.51. The maximum atomic E-state index is 12.2. The topological polar surface area (TPSA) is 84.2 Å². The molecule has 4 N–H and O–H groups in total. The summed E-state index contributed by atoms with van der Waals surface area (Å²) >= 11 is 0. The first kappa shape index (κ1) is 13.5. The smallest absolute Gasteiger partial charge is 0.322 e. The third kappa shape index (κ3) is 1.81. The van der Waals surface area contributed by atoms with Crippen molar-refractivity contribution in [2.45, 2.75) is 33.2 Å². The molecule has 19 heavy (non-hydrogen) atoms. The van der Waals surface area contributed by atoms with Gasteiger partial charge in [-0.3, -0.25) is 10.1 Å². The summed E-state index contributed by atoms with van der Waals surface area (Å²) in [5, 5.41) is 4.98. The fourth-order valence-corrected chi connectivity index (χ4v) is 2.77. The highest BCUT2D eigenvalue weighted by Crippen LogP contribution is 2.33. The predicted octanol–water partition coefficient (Wildman–Crippen LogP) is 0.914. The molecule has 1 aliphatic heterocycles. The van der Waals surface area contributed by atoms with Crippen LogP contribution >= 0.6 is 0 Å². The van der Waals surface area contributed by atoms with Crippen LogP contribution in [0.5, 0.6) is 0 Å². The molecule has 1 aliphatic rings. The largest absolute Gasteiger partial charge is 0.327 e. The highest BCUT2D eigenvalue weighted by Gasteiger charge is 2.48.